The van der Waals surface area contributed by atoms with E-state index < -0.39 is 0 Å². The minimum atomic E-state index is 0.0186. The lowest BCUT2D eigenvalue weighted by Gasteiger charge is -2.18. The van der Waals surface area contributed by atoms with E-state index in [0.717, 1.165) is 10.9 Å². The lowest BCUT2D eigenvalue weighted by atomic mass is 10.2. The molecule has 1 atom stereocenters. The summed E-state index contributed by atoms with van der Waals surface area (Å²) in [5.41, 5.74) is 0.978. The second kappa shape index (κ2) is 5.80. The summed E-state index contributed by atoms with van der Waals surface area (Å²) < 4.78 is 6.93. The van der Waals surface area contributed by atoms with Gasteiger partial charge in [0.2, 0.25) is 0 Å². The van der Waals surface area contributed by atoms with Gasteiger partial charge in [0.15, 0.2) is 0 Å². The number of fused-ring (bicyclic) bond motifs is 1. The molecular weight excluding hydrogens is 228 g/mol. The van der Waals surface area contributed by atoms with Crippen LogP contribution < -0.4 is 10.9 Å². The molecule has 0 bridgehead atoms. The zero-order valence-corrected chi connectivity index (χ0v) is 10.7. The van der Waals surface area contributed by atoms with Crippen LogP contribution in [-0.2, 0) is 11.3 Å². The summed E-state index contributed by atoms with van der Waals surface area (Å²) in [6.07, 6.45) is 0. The predicted molar refractivity (Wildman–Crippen MR) is 72.9 cm³/mol. The van der Waals surface area contributed by atoms with Crippen molar-refractivity contribution in [3.8, 4) is 0 Å². The Labute approximate surface area is 106 Å². The number of para-hydroxylation sites is 1. The Morgan fingerprint density at radius 2 is 2.06 bits per heavy atom. The molecule has 1 unspecified atom stereocenters. The lowest BCUT2D eigenvalue weighted by Crippen LogP contribution is -2.37. The number of ether oxygens (including phenoxy) is 1. The summed E-state index contributed by atoms with van der Waals surface area (Å²) in [5.74, 6) is 0. The van der Waals surface area contributed by atoms with E-state index in [1.807, 2.05) is 37.4 Å². The molecule has 0 aliphatic heterocycles. The Morgan fingerprint density at radius 1 is 1.28 bits per heavy atom. The molecular formula is C14H18N2O2. The van der Waals surface area contributed by atoms with E-state index in [9.17, 15) is 4.79 Å². The lowest BCUT2D eigenvalue weighted by molar-refractivity contribution is 0.162. The number of pyridine rings is 1. The molecule has 1 heterocycles. The molecule has 1 aromatic heterocycles. The topological polar surface area (TPSA) is 43.3 Å². The molecule has 0 spiro atoms. The van der Waals surface area contributed by atoms with Gasteiger partial charge in [-0.2, -0.15) is 0 Å². The summed E-state index contributed by atoms with van der Waals surface area (Å²) in [6.45, 7) is 1.18. The fourth-order valence-electron chi connectivity index (χ4n) is 2.08. The minimum absolute atomic E-state index is 0.0186. The maximum absolute atomic E-state index is 12.0. The van der Waals surface area contributed by atoms with Gasteiger partial charge >= 0.3 is 0 Å². The van der Waals surface area contributed by atoms with Crippen molar-refractivity contribution in [3.63, 3.8) is 0 Å². The number of nitrogens with zero attached hydrogens (tertiary/aromatic N) is 1. The van der Waals surface area contributed by atoms with Crippen molar-refractivity contribution in [2.75, 3.05) is 20.8 Å². The Balaban J connectivity index is 2.42. The van der Waals surface area contributed by atoms with Gasteiger partial charge in [-0.1, -0.05) is 18.2 Å². The first-order chi connectivity index (χ1) is 8.76. The zero-order valence-electron chi connectivity index (χ0n) is 10.7. The molecule has 0 aliphatic carbocycles. The van der Waals surface area contributed by atoms with Crippen molar-refractivity contribution < 1.29 is 4.74 Å². The Morgan fingerprint density at radius 3 is 2.78 bits per heavy atom. The third-order valence-corrected chi connectivity index (χ3v) is 3.08. The molecule has 1 N–H and O–H groups in total. The summed E-state index contributed by atoms with van der Waals surface area (Å²) in [7, 11) is 3.54. The quantitative estimate of drug-likeness (QED) is 0.863. The van der Waals surface area contributed by atoms with Crippen molar-refractivity contribution >= 4 is 10.9 Å². The number of rotatable bonds is 5. The molecule has 96 valence electrons. The molecule has 0 radical (unpaired) electrons. The predicted octanol–water partition coefficient (Wildman–Crippen LogP) is 1.24. The number of likely N-dealkylation sites (N-methyl/N-ethyl adjacent to an activating group) is 1. The van der Waals surface area contributed by atoms with Gasteiger partial charge in [0.1, 0.15) is 0 Å². The first-order valence-corrected chi connectivity index (χ1v) is 6.01. The third-order valence-electron chi connectivity index (χ3n) is 3.08. The van der Waals surface area contributed by atoms with E-state index in [1.54, 1.807) is 17.7 Å². The van der Waals surface area contributed by atoms with Crippen LogP contribution in [0, 0.1) is 0 Å². The number of aromatic nitrogens is 1. The second-order valence-corrected chi connectivity index (χ2v) is 4.28. The summed E-state index contributed by atoms with van der Waals surface area (Å²) in [6, 6.07) is 11.5. The molecule has 0 fully saturated rings. The summed E-state index contributed by atoms with van der Waals surface area (Å²) >= 11 is 0. The van der Waals surface area contributed by atoms with Crippen LogP contribution in [0.25, 0.3) is 10.9 Å². The third kappa shape index (κ3) is 2.60. The average molecular weight is 246 g/mol. The highest BCUT2D eigenvalue weighted by Gasteiger charge is 2.09. The van der Waals surface area contributed by atoms with Crippen LogP contribution in [0.3, 0.4) is 0 Å². The fraction of sp³-hybridized carbons (Fsp3) is 0.357. The Bertz CT molecular complexity index is 577. The van der Waals surface area contributed by atoms with Crippen LogP contribution >= 0.6 is 0 Å². The Kier molecular flexibility index (Phi) is 4.12. The summed E-state index contributed by atoms with van der Waals surface area (Å²) in [5, 5.41) is 4.23. The van der Waals surface area contributed by atoms with Gasteiger partial charge in [-0.3, -0.25) is 4.79 Å². The molecule has 0 saturated heterocycles. The fourth-order valence-corrected chi connectivity index (χ4v) is 2.08. The highest BCUT2D eigenvalue weighted by molar-refractivity contribution is 5.78. The number of methoxy groups -OCH3 is 1. The molecule has 2 rings (SSSR count). The van der Waals surface area contributed by atoms with Crippen molar-refractivity contribution in [2.45, 2.75) is 12.6 Å². The van der Waals surface area contributed by atoms with Crippen LogP contribution in [0.2, 0.25) is 0 Å². The number of benzene rings is 1. The van der Waals surface area contributed by atoms with Gasteiger partial charge < -0.3 is 14.6 Å². The average Bonchev–Trinajstić information content (AvgIpc) is 2.41. The van der Waals surface area contributed by atoms with Crippen LogP contribution in [0.5, 0.6) is 0 Å². The normalized spacial score (nSPS) is 12.8. The van der Waals surface area contributed by atoms with Crippen molar-refractivity contribution in [2.24, 2.45) is 0 Å². The van der Waals surface area contributed by atoms with Crippen molar-refractivity contribution in [1.29, 1.82) is 0 Å². The number of nitrogens with one attached hydrogen (secondary N) is 1. The highest BCUT2D eigenvalue weighted by atomic mass is 16.5. The number of hydrogen-bond acceptors (Lipinski definition) is 3. The van der Waals surface area contributed by atoms with Crippen LogP contribution in [-0.4, -0.2) is 31.4 Å². The first-order valence-electron chi connectivity index (χ1n) is 6.01. The molecule has 0 amide bonds. The van der Waals surface area contributed by atoms with Crippen LogP contribution in [0.15, 0.2) is 41.2 Å². The molecule has 0 aliphatic rings. The zero-order chi connectivity index (χ0) is 13.0. The standard InChI is InChI=1S/C14H18N2O2/c1-15-12(10-18-2)9-16-13-6-4-3-5-11(13)7-8-14(16)17/h3-8,12,15H,9-10H2,1-2H3. The smallest absolute Gasteiger partial charge is 0.251 e. The maximum Gasteiger partial charge on any atom is 0.251 e. The van der Waals surface area contributed by atoms with Crippen molar-refractivity contribution in [3.05, 3.63) is 46.8 Å². The van der Waals surface area contributed by atoms with Crippen LogP contribution in [0.4, 0.5) is 0 Å². The van der Waals surface area contributed by atoms with Gasteiger partial charge in [0.05, 0.1) is 12.1 Å². The van der Waals surface area contributed by atoms with Gasteiger partial charge in [-0.15, -0.1) is 0 Å². The van der Waals surface area contributed by atoms with E-state index in [-0.39, 0.29) is 11.6 Å². The van der Waals surface area contributed by atoms with E-state index in [1.165, 1.54) is 0 Å². The van der Waals surface area contributed by atoms with E-state index in [4.69, 9.17) is 4.74 Å². The first kappa shape index (κ1) is 12.8. The molecule has 1 aromatic carbocycles. The molecule has 4 nitrogen and oxygen atoms in total. The van der Waals surface area contributed by atoms with Crippen LogP contribution in [0.1, 0.15) is 0 Å². The number of hydrogen-bond donors (Lipinski definition) is 1. The minimum Gasteiger partial charge on any atom is -0.383 e. The van der Waals surface area contributed by atoms with Crippen molar-refractivity contribution in [1.82, 2.24) is 9.88 Å². The second-order valence-electron chi connectivity index (χ2n) is 4.28. The monoisotopic (exact) mass is 246 g/mol. The maximum atomic E-state index is 12.0. The van der Waals surface area contributed by atoms with E-state index >= 15 is 0 Å². The molecule has 18 heavy (non-hydrogen) atoms. The largest absolute Gasteiger partial charge is 0.383 e. The van der Waals surface area contributed by atoms with Gasteiger partial charge in [-0.05, 0) is 24.6 Å². The SMILES string of the molecule is CNC(COC)Cn1c(=O)ccc2ccccc21. The molecule has 4 heteroatoms. The highest BCUT2D eigenvalue weighted by Crippen LogP contribution is 2.11. The van der Waals surface area contributed by atoms with Gasteiger partial charge in [-0.25, -0.2) is 0 Å². The Hall–Kier alpha value is -1.65. The summed E-state index contributed by atoms with van der Waals surface area (Å²) in [4.78, 5) is 12.0. The van der Waals surface area contributed by atoms with Gasteiger partial charge in [0, 0.05) is 25.8 Å². The van der Waals surface area contributed by atoms with Gasteiger partial charge in [0.25, 0.3) is 5.56 Å². The van der Waals surface area contributed by atoms with E-state index in [0.29, 0.717) is 13.2 Å². The molecule has 2 aromatic rings. The molecule has 0 saturated carbocycles. The van der Waals surface area contributed by atoms with E-state index in [2.05, 4.69) is 5.32 Å².